The van der Waals surface area contributed by atoms with E-state index in [0.29, 0.717) is 28.6 Å². The molecule has 2 fully saturated rings. The van der Waals surface area contributed by atoms with Crippen LogP contribution < -0.4 is 14.5 Å². The Morgan fingerprint density at radius 1 is 1.26 bits per heavy atom. The molecule has 4 aromatic rings. The predicted octanol–water partition coefficient (Wildman–Crippen LogP) is 5.26. The molecule has 2 N–H and O–H groups in total. The molecule has 2 aromatic heterocycles. The Morgan fingerprint density at radius 2 is 1.98 bits per heavy atom. The molecule has 1 saturated carbocycles. The summed E-state index contributed by atoms with van der Waals surface area (Å²) in [5.74, 6) is 2.59. The van der Waals surface area contributed by atoms with Crippen molar-refractivity contribution in [2.45, 2.75) is 83.6 Å². The molecule has 266 valence electrons. The van der Waals surface area contributed by atoms with E-state index in [1.165, 1.54) is 17.8 Å². The minimum atomic E-state index is -4.46. The Kier molecular flexibility index (Phi) is 9.67. The fourth-order valence-corrected chi connectivity index (χ4v) is 7.26. The topological polar surface area (TPSA) is 150 Å². The van der Waals surface area contributed by atoms with Crippen molar-refractivity contribution in [2.75, 3.05) is 25.2 Å². The van der Waals surface area contributed by atoms with Crippen LogP contribution in [0.1, 0.15) is 52.6 Å². The number of aryl methyl sites for hydroxylation is 1. The van der Waals surface area contributed by atoms with Gasteiger partial charge in [-0.2, -0.15) is 5.09 Å². The number of anilines is 1. The lowest BCUT2D eigenvalue weighted by atomic mass is 9.97. The van der Waals surface area contributed by atoms with E-state index in [4.69, 9.17) is 24.9 Å². The van der Waals surface area contributed by atoms with Crippen LogP contribution in [0.25, 0.3) is 21.9 Å². The van der Waals surface area contributed by atoms with E-state index in [1.54, 1.807) is 31.2 Å². The van der Waals surface area contributed by atoms with Crippen LogP contribution in [0.15, 0.2) is 48.8 Å². The lowest BCUT2D eigenvalue weighted by Crippen LogP contribution is -2.42. The lowest BCUT2D eigenvalue weighted by Gasteiger charge is -2.26. The van der Waals surface area contributed by atoms with Crippen molar-refractivity contribution in [1.82, 2.24) is 24.6 Å². The maximum absolute atomic E-state index is 16.6. The van der Waals surface area contributed by atoms with Crippen molar-refractivity contribution in [3.63, 3.8) is 0 Å². The summed E-state index contributed by atoms with van der Waals surface area (Å²) in [7, 11) is -2.54. The van der Waals surface area contributed by atoms with E-state index in [1.807, 2.05) is 50.9 Å². The van der Waals surface area contributed by atoms with E-state index >= 15 is 4.39 Å². The number of imidazole rings is 1. The molecular weight excluding hydrogens is 666 g/mol. The molecule has 1 aliphatic heterocycles. The van der Waals surface area contributed by atoms with Crippen LogP contribution in [0.5, 0.6) is 5.75 Å². The van der Waals surface area contributed by atoms with Gasteiger partial charge in [0.25, 0.3) is 0 Å². The Balaban J connectivity index is 1.27. The number of hydrogen-bond acceptors (Lipinski definition) is 11. The van der Waals surface area contributed by atoms with Gasteiger partial charge < -0.3 is 24.0 Å². The maximum atomic E-state index is 16.6. The highest BCUT2D eigenvalue weighted by atomic mass is 31.2. The average molecular weight is 709 g/mol. The van der Waals surface area contributed by atoms with Crippen LogP contribution in [-0.2, 0) is 23.4 Å². The third-order valence-corrected chi connectivity index (χ3v) is 10.2. The number of aliphatic hydroxyl groups is 1. The molecule has 1 saturated heterocycles. The molecule has 0 radical (unpaired) electrons. The van der Waals surface area contributed by atoms with Gasteiger partial charge in [0.2, 0.25) is 5.67 Å². The van der Waals surface area contributed by atoms with E-state index in [0.717, 1.165) is 18.2 Å². The molecule has 3 heterocycles. The minimum Gasteiger partial charge on any atom is -0.464 e. The van der Waals surface area contributed by atoms with Crippen molar-refractivity contribution < 1.29 is 37.4 Å². The third-order valence-electron chi connectivity index (χ3n) is 8.59. The van der Waals surface area contributed by atoms with Gasteiger partial charge in [0, 0.05) is 18.5 Å². The number of carbonyl (C=O) groups is 1. The quantitative estimate of drug-likeness (QED) is 0.112. The summed E-state index contributed by atoms with van der Waals surface area (Å²) in [6.45, 7) is 8.37. The first-order valence-corrected chi connectivity index (χ1v) is 18.0. The second-order valence-electron chi connectivity index (χ2n) is 14.0. The van der Waals surface area contributed by atoms with E-state index < -0.39 is 50.5 Å². The zero-order chi connectivity index (χ0) is 36.0. The van der Waals surface area contributed by atoms with Gasteiger partial charge in [-0.15, -0.1) is 6.42 Å². The Morgan fingerprint density at radius 3 is 2.68 bits per heavy atom. The van der Waals surface area contributed by atoms with Gasteiger partial charge in [-0.25, -0.2) is 23.9 Å². The molecule has 0 amide bonds. The largest absolute Gasteiger partial charge is 0.464 e. The first-order chi connectivity index (χ1) is 23.6. The number of esters is 1. The third kappa shape index (κ3) is 7.20. The van der Waals surface area contributed by atoms with Crippen molar-refractivity contribution in [2.24, 2.45) is 5.41 Å². The molecule has 6 rings (SSSR count). The monoisotopic (exact) mass is 708 g/mol. The van der Waals surface area contributed by atoms with Crippen molar-refractivity contribution >= 4 is 41.5 Å². The van der Waals surface area contributed by atoms with Gasteiger partial charge in [-0.3, -0.25) is 13.9 Å². The lowest BCUT2D eigenvalue weighted by molar-refractivity contribution is -0.148. The summed E-state index contributed by atoms with van der Waals surface area (Å²) in [5.41, 5.74) is -2.38. The molecule has 0 spiro atoms. The highest BCUT2D eigenvalue weighted by Crippen LogP contribution is 2.49. The van der Waals surface area contributed by atoms with Crippen molar-refractivity contribution in [1.29, 1.82) is 0 Å². The summed E-state index contributed by atoms with van der Waals surface area (Å²) in [6.07, 6.45) is 4.14. The highest BCUT2D eigenvalue weighted by molar-refractivity contribution is 7.52. The number of halogens is 1. The molecule has 0 unspecified atom stereocenters. The van der Waals surface area contributed by atoms with Crippen molar-refractivity contribution in [3.8, 4) is 18.1 Å². The number of benzene rings is 2. The maximum Gasteiger partial charge on any atom is 0.459 e. The molecule has 50 heavy (non-hydrogen) atoms. The second-order valence-corrected chi connectivity index (χ2v) is 15.7. The first kappa shape index (κ1) is 35.7. The van der Waals surface area contributed by atoms with Crippen LogP contribution in [0.2, 0.25) is 0 Å². The minimum absolute atomic E-state index is 0.118. The summed E-state index contributed by atoms with van der Waals surface area (Å²) in [6, 6.07) is 11.6. The van der Waals surface area contributed by atoms with E-state index in [9.17, 15) is 14.5 Å². The number of alkyl halides is 1. The fourth-order valence-electron chi connectivity index (χ4n) is 5.74. The number of carbonyl (C=O) groups excluding carboxylic acids is 1. The summed E-state index contributed by atoms with van der Waals surface area (Å²) in [5, 5.41) is 15.3. The zero-order valence-electron chi connectivity index (χ0n) is 28.9. The van der Waals surface area contributed by atoms with Crippen LogP contribution >= 0.6 is 7.75 Å². The molecule has 2 aromatic carbocycles. The fraction of sp³-hybridized carbons (Fsp3) is 0.486. The normalized spacial score (nSPS) is 24.1. The van der Waals surface area contributed by atoms with Gasteiger partial charge in [-0.1, -0.05) is 63.1 Å². The standard InChI is InChI=1S/C35H42FN6O7P/c1-8-35(36)29(43)27(48-33(35)42-20-37-28-30(41(7)24-16-17-24)38-22(3)39-31(28)42)18-47-50(45,40-21(2)32(44)46-19-34(4,5)6)49-26-15-11-13-23-12-9-10-14-25(23)26/h1,9-15,20-21,24,27,29,33,43H,16-19H2,2-7H3,(H,40,45)/t21-,27-,29-,33-,35-,50-/m1/s1. The molecule has 1 aliphatic carbocycles. The van der Waals surface area contributed by atoms with Gasteiger partial charge in [0.05, 0.1) is 19.5 Å². The Labute approximate surface area is 290 Å². The predicted molar refractivity (Wildman–Crippen MR) is 185 cm³/mol. The number of aromatic nitrogens is 4. The number of nitrogens with zero attached hydrogens (tertiary/aromatic N) is 5. The summed E-state index contributed by atoms with van der Waals surface area (Å²) >= 11 is 0. The number of hydrogen-bond donors (Lipinski definition) is 2. The molecular formula is C35H42FN6O7P. The van der Waals surface area contributed by atoms with Crippen LogP contribution in [-0.4, -0.2) is 80.8 Å². The number of aliphatic hydroxyl groups excluding tert-OH is 1. The number of terminal acetylenes is 1. The molecule has 0 bridgehead atoms. The molecule has 13 nitrogen and oxygen atoms in total. The van der Waals surface area contributed by atoms with Crippen LogP contribution in [0.3, 0.4) is 0 Å². The van der Waals surface area contributed by atoms with Crippen LogP contribution in [0.4, 0.5) is 10.2 Å². The van der Waals surface area contributed by atoms with Crippen LogP contribution in [0, 0.1) is 24.7 Å². The Bertz CT molecular complexity index is 1990. The Hall–Kier alpha value is -4.12. The molecule has 15 heteroatoms. The number of fused-ring (bicyclic) bond motifs is 2. The van der Waals surface area contributed by atoms with Gasteiger partial charge >= 0.3 is 13.7 Å². The van der Waals surface area contributed by atoms with Gasteiger partial charge in [0.1, 0.15) is 29.8 Å². The number of rotatable bonds is 12. The second kappa shape index (κ2) is 13.5. The molecule has 2 aliphatic rings. The first-order valence-electron chi connectivity index (χ1n) is 16.4. The SMILES string of the molecule is C#C[C@@]1(F)[C@H](O)[C@@H](CO[P@](=O)(N[C@H](C)C(=O)OCC(C)(C)C)Oc2cccc3ccccc23)O[C@H]1n1cnc2c(N(C)C3CC3)nc(C)nc21. The van der Waals surface area contributed by atoms with E-state index in [-0.39, 0.29) is 23.4 Å². The number of ether oxygens (including phenoxy) is 2. The molecule has 6 atom stereocenters. The number of nitrogens with one attached hydrogen (secondary N) is 1. The summed E-state index contributed by atoms with van der Waals surface area (Å²) < 4.78 is 55.7. The smallest absolute Gasteiger partial charge is 0.459 e. The highest BCUT2D eigenvalue weighted by Gasteiger charge is 2.58. The average Bonchev–Trinajstić information content (AvgIpc) is 3.80. The van der Waals surface area contributed by atoms with E-state index in [2.05, 4.69) is 26.0 Å². The summed E-state index contributed by atoms with van der Waals surface area (Å²) in [4.78, 5) is 28.5. The van der Waals surface area contributed by atoms with Gasteiger partial charge in [0.15, 0.2) is 23.2 Å². The van der Waals surface area contributed by atoms with Crippen molar-refractivity contribution in [3.05, 3.63) is 54.6 Å². The zero-order valence-corrected chi connectivity index (χ0v) is 29.8. The van der Waals surface area contributed by atoms with Gasteiger partial charge in [-0.05, 0) is 43.6 Å².